The zero-order valence-electron chi connectivity index (χ0n) is 8.65. The van der Waals surface area contributed by atoms with Crippen molar-refractivity contribution in [2.45, 2.75) is 19.4 Å². The molecule has 0 aliphatic rings. The molecule has 0 aliphatic carbocycles. The van der Waals surface area contributed by atoms with Crippen LogP contribution in [0.3, 0.4) is 0 Å². The number of nitrogens with zero attached hydrogens (tertiary/aromatic N) is 1. The molecule has 1 aromatic rings. The number of amides is 1. The zero-order valence-corrected chi connectivity index (χ0v) is 8.65. The molecule has 0 aromatic carbocycles. The molecule has 1 N–H and O–H groups in total. The highest BCUT2D eigenvalue weighted by atomic mass is 16.3. The van der Waals surface area contributed by atoms with E-state index in [0.717, 1.165) is 0 Å². The van der Waals surface area contributed by atoms with Crippen LogP contribution in [0.5, 0.6) is 0 Å². The first-order valence-electron chi connectivity index (χ1n) is 4.41. The molecule has 1 heterocycles. The molecular formula is C10H15NO3. The second-order valence-electron chi connectivity index (χ2n) is 3.81. The first-order chi connectivity index (χ1) is 6.49. The van der Waals surface area contributed by atoms with Crippen LogP contribution in [0.4, 0.5) is 0 Å². The van der Waals surface area contributed by atoms with Crippen LogP contribution in [0.1, 0.15) is 24.4 Å². The predicted molar refractivity (Wildman–Crippen MR) is 52.0 cm³/mol. The van der Waals surface area contributed by atoms with E-state index >= 15 is 0 Å². The predicted octanol–water partition coefficient (Wildman–Crippen LogP) is 1.12. The molecule has 0 bridgehead atoms. The van der Waals surface area contributed by atoms with Crippen molar-refractivity contribution in [3.8, 4) is 0 Å². The van der Waals surface area contributed by atoms with Gasteiger partial charge in [0.05, 0.1) is 18.4 Å². The van der Waals surface area contributed by atoms with Crippen molar-refractivity contribution in [2.75, 3.05) is 13.7 Å². The lowest BCUT2D eigenvalue weighted by Crippen LogP contribution is -2.47. The standard InChI is InChI=1S/C10H15NO3/c1-10(2,7-12)11(3)9(13)8-5-4-6-14-8/h4-6,12H,7H2,1-3H3. The molecule has 1 aromatic heterocycles. The fourth-order valence-electron chi connectivity index (χ4n) is 0.946. The zero-order chi connectivity index (χ0) is 10.8. The van der Waals surface area contributed by atoms with E-state index in [2.05, 4.69) is 0 Å². The maximum Gasteiger partial charge on any atom is 0.289 e. The first kappa shape index (κ1) is 10.8. The van der Waals surface area contributed by atoms with Crippen LogP contribution >= 0.6 is 0 Å². The summed E-state index contributed by atoms with van der Waals surface area (Å²) in [6.45, 7) is 3.48. The third-order valence-corrected chi connectivity index (χ3v) is 2.33. The third-order valence-electron chi connectivity index (χ3n) is 2.33. The number of carbonyl (C=O) groups is 1. The number of hydrogen-bond acceptors (Lipinski definition) is 3. The molecule has 0 aliphatic heterocycles. The van der Waals surface area contributed by atoms with Crippen molar-refractivity contribution in [1.82, 2.24) is 4.90 Å². The minimum absolute atomic E-state index is 0.0874. The summed E-state index contributed by atoms with van der Waals surface area (Å²) < 4.78 is 4.98. The van der Waals surface area contributed by atoms with Crippen LogP contribution < -0.4 is 0 Å². The average Bonchev–Trinajstić information content (AvgIpc) is 2.68. The van der Waals surface area contributed by atoms with Gasteiger partial charge in [-0.15, -0.1) is 0 Å². The highest BCUT2D eigenvalue weighted by Gasteiger charge is 2.28. The Kier molecular flexibility index (Phi) is 2.96. The van der Waals surface area contributed by atoms with E-state index in [0.29, 0.717) is 0 Å². The number of rotatable bonds is 3. The van der Waals surface area contributed by atoms with Crippen molar-refractivity contribution in [1.29, 1.82) is 0 Å². The van der Waals surface area contributed by atoms with Gasteiger partial charge in [0.15, 0.2) is 5.76 Å². The molecule has 0 saturated heterocycles. The number of aliphatic hydroxyl groups excluding tert-OH is 1. The highest BCUT2D eigenvalue weighted by molar-refractivity contribution is 5.91. The van der Waals surface area contributed by atoms with Gasteiger partial charge in [0, 0.05) is 7.05 Å². The normalized spacial score (nSPS) is 11.4. The first-order valence-corrected chi connectivity index (χ1v) is 4.41. The van der Waals surface area contributed by atoms with Crippen LogP contribution in [-0.2, 0) is 0 Å². The Bertz CT molecular complexity index is 303. The number of likely N-dealkylation sites (N-methyl/N-ethyl adjacent to an activating group) is 1. The molecule has 0 atom stereocenters. The fourth-order valence-corrected chi connectivity index (χ4v) is 0.946. The van der Waals surface area contributed by atoms with Crippen molar-refractivity contribution >= 4 is 5.91 Å². The Labute approximate surface area is 83.1 Å². The van der Waals surface area contributed by atoms with Gasteiger partial charge in [-0.05, 0) is 26.0 Å². The number of carbonyl (C=O) groups excluding carboxylic acids is 1. The number of aliphatic hydroxyl groups is 1. The van der Waals surface area contributed by atoms with Crippen LogP contribution in [0.25, 0.3) is 0 Å². The van der Waals surface area contributed by atoms with Gasteiger partial charge in [-0.3, -0.25) is 4.79 Å². The molecule has 14 heavy (non-hydrogen) atoms. The summed E-state index contributed by atoms with van der Waals surface area (Å²) in [7, 11) is 1.64. The highest BCUT2D eigenvalue weighted by Crippen LogP contribution is 2.15. The van der Waals surface area contributed by atoms with Crippen LogP contribution in [0, 0.1) is 0 Å². The summed E-state index contributed by atoms with van der Waals surface area (Å²) in [5.41, 5.74) is -0.579. The third kappa shape index (κ3) is 1.96. The van der Waals surface area contributed by atoms with E-state index in [1.807, 2.05) is 0 Å². The van der Waals surface area contributed by atoms with Gasteiger partial charge in [-0.2, -0.15) is 0 Å². The van der Waals surface area contributed by atoms with Gasteiger partial charge >= 0.3 is 0 Å². The van der Waals surface area contributed by atoms with Crippen molar-refractivity contribution < 1.29 is 14.3 Å². The molecule has 0 fully saturated rings. The minimum atomic E-state index is -0.579. The van der Waals surface area contributed by atoms with Crippen LogP contribution in [0.15, 0.2) is 22.8 Å². The summed E-state index contributed by atoms with van der Waals surface area (Å²) in [5, 5.41) is 9.09. The summed E-state index contributed by atoms with van der Waals surface area (Å²) in [5.74, 6) is 0.0584. The SMILES string of the molecule is CN(C(=O)c1ccco1)C(C)(C)CO. The quantitative estimate of drug-likeness (QED) is 0.790. The lowest BCUT2D eigenvalue weighted by Gasteiger charge is -2.33. The topological polar surface area (TPSA) is 53.7 Å². The van der Waals surface area contributed by atoms with Crippen molar-refractivity contribution in [2.24, 2.45) is 0 Å². The molecule has 1 rings (SSSR count). The summed E-state index contributed by atoms with van der Waals surface area (Å²) in [6.07, 6.45) is 1.45. The van der Waals surface area contributed by atoms with Crippen molar-refractivity contribution in [3.63, 3.8) is 0 Å². The summed E-state index contributed by atoms with van der Waals surface area (Å²) in [4.78, 5) is 13.2. The minimum Gasteiger partial charge on any atom is -0.459 e. The molecule has 4 heteroatoms. The Balaban J connectivity index is 2.81. The monoisotopic (exact) mass is 197 g/mol. The van der Waals surface area contributed by atoms with E-state index < -0.39 is 5.54 Å². The maximum absolute atomic E-state index is 11.7. The molecule has 4 nitrogen and oxygen atoms in total. The van der Waals surface area contributed by atoms with Crippen LogP contribution in [0.2, 0.25) is 0 Å². The van der Waals surface area contributed by atoms with Crippen molar-refractivity contribution in [3.05, 3.63) is 24.2 Å². The van der Waals surface area contributed by atoms with Gasteiger partial charge in [0.1, 0.15) is 0 Å². The molecule has 1 amide bonds. The van der Waals surface area contributed by atoms with E-state index in [1.165, 1.54) is 11.2 Å². The summed E-state index contributed by atoms with van der Waals surface area (Å²) >= 11 is 0. The van der Waals surface area contributed by atoms with E-state index in [4.69, 9.17) is 9.52 Å². The lowest BCUT2D eigenvalue weighted by molar-refractivity contribution is 0.0444. The smallest absolute Gasteiger partial charge is 0.289 e. The number of furan rings is 1. The van der Waals surface area contributed by atoms with E-state index in [-0.39, 0.29) is 18.3 Å². The number of hydrogen-bond donors (Lipinski definition) is 1. The van der Waals surface area contributed by atoms with Gasteiger partial charge < -0.3 is 14.4 Å². The summed E-state index contributed by atoms with van der Waals surface area (Å²) in [6, 6.07) is 3.26. The van der Waals surface area contributed by atoms with Gasteiger partial charge in [-0.1, -0.05) is 0 Å². The average molecular weight is 197 g/mol. The van der Waals surface area contributed by atoms with Crippen LogP contribution in [-0.4, -0.2) is 35.1 Å². The van der Waals surface area contributed by atoms with Gasteiger partial charge in [0.2, 0.25) is 0 Å². The molecule has 0 radical (unpaired) electrons. The second-order valence-corrected chi connectivity index (χ2v) is 3.81. The molecule has 78 valence electrons. The largest absolute Gasteiger partial charge is 0.459 e. The Morgan fingerprint density at radius 2 is 2.29 bits per heavy atom. The van der Waals surface area contributed by atoms with Gasteiger partial charge in [-0.25, -0.2) is 0 Å². The molecular weight excluding hydrogens is 182 g/mol. The van der Waals surface area contributed by atoms with E-state index in [1.54, 1.807) is 33.0 Å². The Hall–Kier alpha value is -1.29. The molecule has 0 unspecified atom stereocenters. The fraction of sp³-hybridized carbons (Fsp3) is 0.500. The Morgan fingerprint density at radius 1 is 1.64 bits per heavy atom. The van der Waals surface area contributed by atoms with E-state index in [9.17, 15) is 4.79 Å². The molecule has 0 spiro atoms. The van der Waals surface area contributed by atoms with Gasteiger partial charge in [0.25, 0.3) is 5.91 Å². The maximum atomic E-state index is 11.7. The second kappa shape index (κ2) is 3.84. The lowest BCUT2D eigenvalue weighted by atomic mass is 10.1. The Morgan fingerprint density at radius 3 is 2.71 bits per heavy atom. The molecule has 0 saturated carbocycles.